The van der Waals surface area contributed by atoms with Crippen molar-refractivity contribution in [2.75, 3.05) is 7.05 Å². The van der Waals surface area contributed by atoms with Crippen LogP contribution < -0.4 is 10.1 Å². The van der Waals surface area contributed by atoms with E-state index in [9.17, 15) is 0 Å². The van der Waals surface area contributed by atoms with E-state index in [1.807, 2.05) is 31.3 Å². The molecule has 0 spiro atoms. The highest BCUT2D eigenvalue weighted by Crippen LogP contribution is 2.18. The quantitative estimate of drug-likeness (QED) is 0.889. The third-order valence-electron chi connectivity index (χ3n) is 2.20. The Bertz CT molecular complexity index is 485. The highest BCUT2D eigenvalue weighted by atomic mass is 35.5. The van der Waals surface area contributed by atoms with E-state index < -0.39 is 0 Å². The van der Waals surface area contributed by atoms with Crippen molar-refractivity contribution < 1.29 is 9.15 Å². The maximum atomic E-state index is 6.00. The van der Waals surface area contributed by atoms with Crippen molar-refractivity contribution in [3.63, 3.8) is 0 Å². The minimum atomic E-state index is 0.259. The zero-order valence-corrected chi connectivity index (χ0v) is 10.2. The third-order valence-corrected chi connectivity index (χ3v) is 2.57. The molecule has 0 fully saturated rings. The van der Waals surface area contributed by atoms with Crippen molar-refractivity contribution in [2.24, 2.45) is 0 Å². The lowest BCUT2D eigenvalue weighted by Crippen LogP contribution is -2.05. The Morgan fingerprint density at radius 3 is 3.00 bits per heavy atom. The molecule has 17 heavy (non-hydrogen) atoms. The summed E-state index contributed by atoms with van der Waals surface area (Å²) < 4.78 is 10.6. The summed E-state index contributed by atoms with van der Waals surface area (Å²) in [4.78, 5) is 4.15. The monoisotopic (exact) mass is 252 g/mol. The number of hydrogen-bond donors (Lipinski definition) is 1. The van der Waals surface area contributed by atoms with Gasteiger partial charge >= 0.3 is 6.08 Å². The van der Waals surface area contributed by atoms with Crippen molar-refractivity contribution in [3.05, 3.63) is 46.8 Å². The van der Waals surface area contributed by atoms with Crippen LogP contribution in [-0.2, 0) is 13.2 Å². The Labute approximate surface area is 105 Å². The van der Waals surface area contributed by atoms with Gasteiger partial charge in [-0.25, -0.2) is 0 Å². The first-order valence-electron chi connectivity index (χ1n) is 5.25. The molecule has 0 aliphatic heterocycles. The summed E-state index contributed by atoms with van der Waals surface area (Å²) in [6.07, 6.45) is 1.83. The molecule has 0 aliphatic rings. The molecule has 0 bridgehead atoms. The van der Waals surface area contributed by atoms with Crippen molar-refractivity contribution in [1.29, 1.82) is 0 Å². The molecule has 0 aliphatic carbocycles. The van der Waals surface area contributed by atoms with Crippen molar-refractivity contribution in [3.8, 4) is 6.08 Å². The fourth-order valence-corrected chi connectivity index (χ4v) is 1.56. The fraction of sp³-hybridized carbons (Fsp3) is 0.250. The molecule has 1 aromatic heterocycles. The van der Waals surface area contributed by atoms with Gasteiger partial charge in [-0.1, -0.05) is 29.8 Å². The van der Waals surface area contributed by atoms with E-state index in [4.69, 9.17) is 20.8 Å². The second kappa shape index (κ2) is 5.70. The average molecular weight is 253 g/mol. The molecule has 2 rings (SSSR count). The molecule has 0 radical (unpaired) electrons. The molecule has 1 aromatic carbocycles. The van der Waals surface area contributed by atoms with E-state index in [0.29, 0.717) is 18.2 Å². The van der Waals surface area contributed by atoms with Crippen molar-refractivity contribution in [1.82, 2.24) is 10.3 Å². The smallest absolute Gasteiger partial charge is 0.394 e. The van der Waals surface area contributed by atoms with Gasteiger partial charge < -0.3 is 14.5 Å². The van der Waals surface area contributed by atoms with Gasteiger partial charge in [0.2, 0.25) is 0 Å². The van der Waals surface area contributed by atoms with Crippen molar-refractivity contribution >= 4 is 11.6 Å². The molecule has 1 N–H and O–H groups in total. The summed E-state index contributed by atoms with van der Waals surface area (Å²) in [5.41, 5.74) is 1.71. The van der Waals surface area contributed by atoms with Crippen LogP contribution in [0, 0.1) is 0 Å². The molecule has 0 unspecified atom stereocenters. The van der Waals surface area contributed by atoms with Gasteiger partial charge in [0.1, 0.15) is 12.9 Å². The molecular weight excluding hydrogens is 240 g/mol. The van der Waals surface area contributed by atoms with E-state index in [2.05, 4.69) is 10.3 Å². The van der Waals surface area contributed by atoms with E-state index in [-0.39, 0.29) is 6.08 Å². The van der Waals surface area contributed by atoms with E-state index in [0.717, 1.165) is 11.3 Å². The Morgan fingerprint density at radius 1 is 1.41 bits per heavy atom. The van der Waals surface area contributed by atoms with E-state index in [1.165, 1.54) is 0 Å². The number of nitrogens with zero attached hydrogens (tertiary/aromatic N) is 1. The molecule has 0 saturated heterocycles. The van der Waals surface area contributed by atoms with Crippen LogP contribution in [0.5, 0.6) is 6.08 Å². The van der Waals surface area contributed by atoms with Gasteiger partial charge in [-0.3, -0.25) is 0 Å². The normalized spacial score (nSPS) is 10.5. The number of halogens is 1. The lowest BCUT2D eigenvalue weighted by Gasteiger charge is -2.03. The maximum Gasteiger partial charge on any atom is 0.394 e. The first-order chi connectivity index (χ1) is 8.29. The summed E-state index contributed by atoms with van der Waals surface area (Å²) in [5.74, 6) is 0. The van der Waals surface area contributed by atoms with Gasteiger partial charge in [0.05, 0.1) is 5.69 Å². The first kappa shape index (κ1) is 12.0. The second-order valence-electron chi connectivity index (χ2n) is 3.52. The Balaban J connectivity index is 1.95. The SMILES string of the molecule is CNCc1coc(OCc2ccccc2Cl)n1. The predicted molar refractivity (Wildman–Crippen MR) is 65.1 cm³/mol. The lowest BCUT2D eigenvalue weighted by molar-refractivity contribution is 0.220. The van der Waals surface area contributed by atoms with Crippen LogP contribution in [-0.4, -0.2) is 12.0 Å². The molecule has 0 atom stereocenters. The Kier molecular flexibility index (Phi) is 4.01. The number of rotatable bonds is 5. The summed E-state index contributed by atoms with van der Waals surface area (Å²) in [5, 5.41) is 3.66. The number of aromatic nitrogens is 1. The molecule has 0 amide bonds. The van der Waals surface area contributed by atoms with Crippen molar-refractivity contribution in [2.45, 2.75) is 13.2 Å². The average Bonchev–Trinajstić information content (AvgIpc) is 2.76. The molecular formula is C12H13ClN2O2. The molecule has 4 nitrogen and oxygen atoms in total. The molecule has 1 heterocycles. The number of oxazole rings is 1. The van der Waals surface area contributed by atoms with Crippen LogP contribution in [0.15, 0.2) is 34.9 Å². The van der Waals surface area contributed by atoms with Gasteiger partial charge in [0.15, 0.2) is 0 Å². The predicted octanol–water partition coefficient (Wildman–Crippen LogP) is 2.63. The lowest BCUT2D eigenvalue weighted by atomic mass is 10.2. The van der Waals surface area contributed by atoms with Gasteiger partial charge in [0.25, 0.3) is 0 Å². The van der Waals surface area contributed by atoms with Crippen LogP contribution in [0.3, 0.4) is 0 Å². The summed E-state index contributed by atoms with van der Waals surface area (Å²) in [6.45, 7) is 0.998. The Hall–Kier alpha value is -1.52. The standard InChI is InChI=1S/C12H13ClN2O2/c1-14-6-10-8-17-12(15-10)16-7-9-4-2-3-5-11(9)13/h2-5,8,14H,6-7H2,1H3. The number of benzene rings is 1. The molecule has 2 aromatic rings. The second-order valence-corrected chi connectivity index (χ2v) is 3.92. The largest absolute Gasteiger partial charge is 0.445 e. The molecule has 0 saturated carbocycles. The molecule has 90 valence electrons. The van der Waals surface area contributed by atoms with Gasteiger partial charge in [-0.15, -0.1) is 0 Å². The summed E-state index contributed by atoms with van der Waals surface area (Å²) >= 11 is 6.00. The summed E-state index contributed by atoms with van der Waals surface area (Å²) in [6, 6.07) is 7.51. The number of nitrogens with one attached hydrogen (secondary N) is 1. The fourth-order valence-electron chi connectivity index (χ4n) is 1.37. The number of hydrogen-bond acceptors (Lipinski definition) is 4. The zero-order chi connectivity index (χ0) is 12.1. The maximum absolute atomic E-state index is 6.00. The van der Waals surface area contributed by atoms with Crippen LogP contribution in [0.1, 0.15) is 11.3 Å². The summed E-state index contributed by atoms with van der Waals surface area (Å²) in [7, 11) is 1.85. The van der Waals surface area contributed by atoms with Gasteiger partial charge in [-0.05, 0) is 13.1 Å². The van der Waals surface area contributed by atoms with Gasteiger partial charge in [0, 0.05) is 17.1 Å². The van der Waals surface area contributed by atoms with Crippen LogP contribution in [0.2, 0.25) is 5.02 Å². The van der Waals surface area contributed by atoms with E-state index >= 15 is 0 Å². The zero-order valence-electron chi connectivity index (χ0n) is 9.44. The van der Waals surface area contributed by atoms with Crippen LogP contribution in [0.25, 0.3) is 0 Å². The highest BCUT2D eigenvalue weighted by molar-refractivity contribution is 6.31. The van der Waals surface area contributed by atoms with Crippen LogP contribution in [0.4, 0.5) is 0 Å². The third kappa shape index (κ3) is 3.22. The number of ether oxygens (including phenoxy) is 1. The highest BCUT2D eigenvalue weighted by Gasteiger charge is 2.06. The Morgan fingerprint density at radius 2 is 2.24 bits per heavy atom. The topological polar surface area (TPSA) is 47.3 Å². The first-order valence-corrected chi connectivity index (χ1v) is 5.62. The molecule has 5 heteroatoms. The minimum Gasteiger partial charge on any atom is -0.445 e. The van der Waals surface area contributed by atoms with Crippen LogP contribution >= 0.6 is 11.6 Å². The van der Waals surface area contributed by atoms with Gasteiger partial charge in [-0.2, -0.15) is 4.98 Å². The minimum absolute atomic E-state index is 0.259. The van der Waals surface area contributed by atoms with E-state index in [1.54, 1.807) is 6.26 Å².